The van der Waals surface area contributed by atoms with Gasteiger partial charge in [-0.25, -0.2) is 0 Å². The van der Waals surface area contributed by atoms with E-state index in [4.69, 9.17) is 9.47 Å². The van der Waals surface area contributed by atoms with Gasteiger partial charge in [0.15, 0.2) is 11.5 Å². The Hall–Kier alpha value is -0.740. The molecular weight excluding hydrogens is 234 g/mol. The molecule has 0 amide bonds. The number of rotatable bonds is 2. The van der Waals surface area contributed by atoms with Gasteiger partial charge in [0.05, 0.1) is 0 Å². The number of hydrogen-bond donors (Lipinski definition) is 1. The van der Waals surface area contributed by atoms with Crippen LogP contribution in [0.5, 0.6) is 11.5 Å². The molecule has 70 valence electrons. The van der Waals surface area contributed by atoms with Gasteiger partial charge < -0.3 is 14.8 Å². The Bertz CT molecular complexity index is 328. The van der Waals surface area contributed by atoms with Crippen LogP contribution in [0.1, 0.15) is 5.56 Å². The summed E-state index contributed by atoms with van der Waals surface area (Å²) in [4.78, 5) is 0. The largest absolute Gasteiger partial charge is 0.454 e. The molecule has 1 N–H and O–H groups in total. The maximum atomic E-state index is 5.37. The number of fused-ring (bicyclic) bond motifs is 1. The normalized spacial score (nSPS) is 13.4. The SMILES string of the molecule is CNCc1c(Br)ccc2c1OCO2. The van der Waals surface area contributed by atoms with Crippen molar-refractivity contribution in [3.8, 4) is 11.5 Å². The Labute approximate surface area is 85.2 Å². The van der Waals surface area contributed by atoms with E-state index in [1.165, 1.54) is 0 Å². The van der Waals surface area contributed by atoms with Crippen LogP contribution >= 0.6 is 15.9 Å². The van der Waals surface area contributed by atoms with Crippen LogP contribution in [0.3, 0.4) is 0 Å². The van der Waals surface area contributed by atoms with Gasteiger partial charge in [-0.3, -0.25) is 0 Å². The summed E-state index contributed by atoms with van der Waals surface area (Å²) in [6, 6.07) is 3.88. The van der Waals surface area contributed by atoms with Crippen molar-refractivity contribution >= 4 is 15.9 Å². The molecule has 0 radical (unpaired) electrons. The molecule has 4 heteroatoms. The fourth-order valence-electron chi connectivity index (χ4n) is 1.35. The van der Waals surface area contributed by atoms with Gasteiger partial charge in [-0.2, -0.15) is 0 Å². The molecule has 1 aromatic carbocycles. The highest BCUT2D eigenvalue weighted by molar-refractivity contribution is 9.10. The molecule has 2 rings (SSSR count). The third kappa shape index (κ3) is 1.51. The lowest BCUT2D eigenvalue weighted by Gasteiger charge is -2.07. The monoisotopic (exact) mass is 243 g/mol. The minimum atomic E-state index is 0.322. The van der Waals surface area contributed by atoms with Crippen molar-refractivity contribution in [2.75, 3.05) is 13.8 Å². The van der Waals surface area contributed by atoms with Crippen molar-refractivity contribution in [1.82, 2.24) is 5.32 Å². The first kappa shape index (κ1) is 8.84. The first-order valence-electron chi connectivity index (χ1n) is 4.04. The summed E-state index contributed by atoms with van der Waals surface area (Å²) < 4.78 is 11.7. The Balaban J connectivity index is 2.45. The molecule has 1 aromatic rings. The highest BCUT2D eigenvalue weighted by atomic mass is 79.9. The lowest BCUT2D eigenvalue weighted by Crippen LogP contribution is -2.06. The van der Waals surface area contributed by atoms with Crippen molar-refractivity contribution in [2.45, 2.75) is 6.54 Å². The first-order chi connectivity index (χ1) is 6.33. The van der Waals surface area contributed by atoms with E-state index in [1.807, 2.05) is 19.2 Å². The lowest BCUT2D eigenvalue weighted by atomic mass is 10.2. The van der Waals surface area contributed by atoms with Crippen molar-refractivity contribution in [3.63, 3.8) is 0 Å². The number of nitrogens with one attached hydrogen (secondary N) is 1. The fraction of sp³-hybridized carbons (Fsp3) is 0.333. The lowest BCUT2D eigenvalue weighted by molar-refractivity contribution is 0.173. The van der Waals surface area contributed by atoms with E-state index < -0.39 is 0 Å². The van der Waals surface area contributed by atoms with Crippen molar-refractivity contribution in [1.29, 1.82) is 0 Å². The number of benzene rings is 1. The Morgan fingerprint density at radius 1 is 1.46 bits per heavy atom. The molecule has 1 heterocycles. The maximum absolute atomic E-state index is 5.37. The quantitative estimate of drug-likeness (QED) is 0.861. The van der Waals surface area contributed by atoms with E-state index in [2.05, 4.69) is 21.2 Å². The van der Waals surface area contributed by atoms with Crippen LogP contribution < -0.4 is 14.8 Å². The zero-order chi connectivity index (χ0) is 9.26. The van der Waals surface area contributed by atoms with Crippen LogP contribution in [0, 0.1) is 0 Å². The predicted octanol–water partition coefficient (Wildman–Crippen LogP) is 1.90. The smallest absolute Gasteiger partial charge is 0.231 e. The van der Waals surface area contributed by atoms with Crippen LogP contribution in [0.25, 0.3) is 0 Å². The number of ether oxygens (including phenoxy) is 2. The van der Waals surface area contributed by atoms with Gasteiger partial charge in [0, 0.05) is 16.6 Å². The van der Waals surface area contributed by atoms with Gasteiger partial charge in [-0.15, -0.1) is 0 Å². The van der Waals surface area contributed by atoms with Crippen molar-refractivity contribution < 1.29 is 9.47 Å². The van der Waals surface area contributed by atoms with Gasteiger partial charge in [0.25, 0.3) is 0 Å². The third-order valence-electron chi connectivity index (χ3n) is 1.94. The average Bonchev–Trinajstić information content (AvgIpc) is 2.58. The summed E-state index contributed by atoms with van der Waals surface area (Å²) in [6.07, 6.45) is 0. The van der Waals surface area contributed by atoms with Crippen LogP contribution in [-0.4, -0.2) is 13.8 Å². The molecule has 0 atom stereocenters. The molecule has 0 saturated heterocycles. The fourth-order valence-corrected chi connectivity index (χ4v) is 1.80. The summed E-state index contributed by atoms with van der Waals surface area (Å²) in [7, 11) is 1.90. The van der Waals surface area contributed by atoms with Crippen LogP contribution in [0.15, 0.2) is 16.6 Å². The molecule has 0 saturated carbocycles. The first-order valence-corrected chi connectivity index (χ1v) is 4.84. The molecule has 3 nitrogen and oxygen atoms in total. The number of hydrogen-bond acceptors (Lipinski definition) is 3. The topological polar surface area (TPSA) is 30.5 Å². The number of halogens is 1. The van der Waals surface area contributed by atoms with Gasteiger partial charge in [-0.1, -0.05) is 15.9 Å². The minimum absolute atomic E-state index is 0.322. The molecule has 0 fully saturated rings. The molecule has 0 spiro atoms. The molecule has 1 aliphatic heterocycles. The molecule has 0 aliphatic carbocycles. The van der Waals surface area contributed by atoms with Gasteiger partial charge in [0.2, 0.25) is 6.79 Å². The molecule has 0 unspecified atom stereocenters. The Kier molecular flexibility index (Phi) is 2.42. The van der Waals surface area contributed by atoms with Crippen molar-refractivity contribution in [3.05, 3.63) is 22.2 Å². The summed E-state index contributed by atoms with van der Waals surface area (Å²) in [5.74, 6) is 1.68. The standard InChI is InChI=1S/C9H10BrNO2/c1-11-4-6-7(10)2-3-8-9(6)13-5-12-8/h2-3,11H,4-5H2,1H3. The Morgan fingerprint density at radius 2 is 2.31 bits per heavy atom. The van der Waals surface area contributed by atoms with E-state index in [0.29, 0.717) is 6.79 Å². The van der Waals surface area contributed by atoms with Crippen LogP contribution in [0.2, 0.25) is 0 Å². The van der Waals surface area contributed by atoms with E-state index in [9.17, 15) is 0 Å². The molecule has 0 aromatic heterocycles. The van der Waals surface area contributed by atoms with Crippen molar-refractivity contribution in [2.24, 2.45) is 0 Å². The zero-order valence-electron chi connectivity index (χ0n) is 7.26. The van der Waals surface area contributed by atoms with E-state index in [0.717, 1.165) is 28.1 Å². The second-order valence-corrected chi connectivity index (χ2v) is 3.64. The maximum Gasteiger partial charge on any atom is 0.231 e. The molecular formula is C9H10BrNO2. The Morgan fingerprint density at radius 3 is 3.08 bits per heavy atom. The van der Waals surface area contributed by atoms with Crippen LogP contribution in [0.4, 0.5) is 0 Å². The molecule has 13 heavy (non-hydrogen) atoms. The summed E-state index contributed by atoms with van der Waals surface area (Å²) >= 11 is 3.48. The second kappa shape index (κ2) is 3.55. The summed E-state index contributed by atoms with van der Waals surface area (Å²) in [5, 5.41) is 3.09. The highest BCUT2D eigenvalue weighted by Gasteiger charge is 2.19. The van der Waals surface area contributed by atoms with Crippen LogP contribution in [-0.2, 0) is 6.54 Å². The molecule has 0 bridgehead atoms. The minimum Gasteiger partial charge on any atom is -0.454 e. The highest BCUT2D eigenvalue weighted by Crippen LogP contribution is 2.39. The van der Waals surface area contributed by atoms with Gasteiger partial charge in [0.1, 0.15) is 0 Å². The molecule has 1 aliphatic rings. The summed E-state index contributed by atoms with van der Waals surface area (Å²) in [5.41, 5.74) is 1.11. The van der Waals surface area contributed by atoms with E-state index in [-0.39, 0.29) is 0 Å². The van der Waals surface area contributed by atoms with Gasteiger partial charge in [-0.05, 0) is 19.2 Å². The van der Waals surface area contributed by atoms with E-state index in [1.54, 1.807) is 0 Å². The second-order valence-electron chi connectivity index (χ2n) is 2.79. The average molecular weight is 244 g/mol. The summed E-state index contributed by atoms with van der Waals surface area (Å²) in [6.45, 7) is 1.09. The van der Waals surface area contributed by atoms with Gasteiger partial charge >= 0.3 is 0 Å². The zero-order valence-corrected chi connectivity index (χ0v) is 8.85. The third-order valence-corrected chi connectivity index (χ3v) is 2.68. The predicted molar refractivity (Wildman–Crippen MR) is 53.0 cm³/mol. The van der Waals surface area contributed by atoms with E-state index >= 15 is 0 Å².